The van der Waals surface area contributed by atoms with Crippen molar-refractivity contribution in [1.29, 1.82) is 0 Å². The molecule has 0 radical (unpaired) electrons. The molecule has 1 unspecified atom stereocenters. The molecule has 1 atom stereocenters. The third-order valence-electron chi connectivity index (χ3n) is 3.73. The van der Waals surface area contributed by atoms with E-state index >= 15 is 0 Å². The number of amides is 2. The number of nitrogens with one attached hydrogen (secondary N) is 1. The zero-order valence-corrected chi connectivity index (χ0v) is 10.8. The first kappa shape index (κ1) is 13.3. The summed E-state index contributed by atoms with van der Waals surface area (Å²) >= 11 is 0. The molecule has 2 rings (SSSR count). The molecule has 1 heterocycles. The average Bonchev–Trinajstić information content (AvgIpc) is 2.65. The average molecular weight is 261 g/mol. The van der Waals surface area contributed by atoms with Gasteiger partial charge in [0.25, 0.3) is 0 Å². The van der Waals surface area contributed by atoms with Gasteiger partial charge in [-0.25, -0.2) is 4.79 Å². The number of carboxylic acid groups (broad SMARTS) is 1. The predicted octanol–water partition coefficient (Wildman–Crippen LogP) is 1.33. The largest absolute Gasteiger partial charge is 0.478 e. The fourth-order valence-electron chi connectivity index (χ4n) is 2.56. The molecule has 5 heteroatoms. The molecule has 100 valence electrons. The van der Waals surface area contributed by atoms with Crippen LogP contribution in [0.1, 0.15) is 36.2 Å². The van der Waals surface area contributed by atoms with Crippen molar-refractivity contribution in [1.82, 2.24) is 5.32 Å². The Hall–Kier alpha value is -2.17. The molecule has 2 amide bonds. The van der Waals surface area contributed by atoms with E-state index < -0.39 is 11.4 Å². The van der Waals surface area contributed by atoms with Gasteiger partial charge in [-0.3, -0.25) is 14.9 Å². The number of carbonyl (C=O) groups is 3. The van der Waals surface area contributed by atoms with Crippen molar-refractivity contribution in [3.8, 4) is 0 Å². The SMILES string of the molecule is CC(C)C1(c2ccc(C(=O)O)cc2)CC(=O)NC1=O. The van der Waals surface area contributed by atoms with Crippen molar-refractivity contribution in [2.45, 2.75) is 25.7 Å². The first-order chi connectivity index (χ1) is 8.87. The van der Waals surface area contributed by atoms with Gasteiger partial charge in [0.2, 0.25) is 11.8 Å². The lowest BCUT2D eigenvalue weighted by molar-refractivity contribution is -0.127. The van der Waals surface area contributed by atoms with Gasteiger partial charge in [-0.2, -0.15) is 0 Å². The number of benzene rings is 1. The van der Waals surface area contributed by atoms with E-state index in [0.717, 1.165) is 0 Å². The summed E-state index contributed by atoms with van der Waals surface area (Å²) in [5.41, 5.74) is -0.0584. The zero-order chi connectivity index (χ0) is 14.2. The standard InChI is InChI=1S/C14H15NO4/c1-8(2)14(7-11(16)15-13(14)19)10-5-3-9(4-6-10)12(17)18/h3-6,8H,7H2,1-2H3,(H,17,18)(H,15,16,19). The van der Waals surface area contributed by atoms with Crippen molar-refractivity contribution < 1.29 is 19.5 Å². The van der Waals surface area contributed by atoms with Gasteiger partial charge in [0.1, 0.15) is 0 Å². The van der Waals surface area contributed by atoms with E-state index in [-0.39, 0.29) is 29.7 Å². The fourth-order valence-corrected chi connectivity index (χ4v) is 2.56. The summed E-state index contributed by atoms with van der Waals surface area (Å²) in [6.07, 6.45) is 0.107. The quantitative estimate of drug-likeness (QED) is 0.804. The van der Waals surface area contributed by atoms with Crippen LogP contribution in [-0.4, -0.2) is 22.9 Å². The zero-order valence-electron chi connectivity index (χ0n) is 10.8. The fraction of sp³-hybridized carbons (Fsp3) is 0.357. The van der Waals surface area contributed by atoms with Crippen molar-refractivity contribution in [2.75, 3.05) is 0 Å². The van der Waals surface area contributed by atoms with Crippen molar-refractivity contribution >= 4 is 17.8 Å². The Morgan fingerprint density at radius 1 is 1.26 bits per heavy atom. The Bertz CT molecular complexity index is 547. The van der Waals surface area contributed by atoms with E-state index in [1.165, 1.54) is 12.1 Å². The number of rotatable bonds is 3. The maximum atomic E-state index is 12.1. The maximum absolute atomic E-state index is 12.1. The lowest BCUT2D eigenvalue weighted by Crippen LogP contribution is -2.40. The topological polar surface area (TPSA) is 83.5 Å². The van der Waals surface area contributed by atoms with Crippen molar-refractivity contribution in [2.24, 2.45) is 5.92 Å². The van der Waals surface area contributed by atoms with Gasteiger partial charge in [0, 0.05) is 6.42 Å². The number of hydrogen-bond donors (Lipinski definition) is 2. The highest BCUT2D eigenvalue weighted by Gasteiger charge is 2.50. The lowest BCUT2D eigenvalue weighted by atomic mass is 9.70. The van der Waals surface area contributed by atoms with Crippen LogP contribution in [-0.2, 0) is 15.0 Å². The molecule has 19 heavy (non-hydrogen) atoms. The molecule has 2 N–H and O–H groups in total. The summed E-state index contributed by atoms with van der Waals surface area (Å²) in [6.45, 7) is 3.76. The number of aromatic carboxylic acids is 1. The van der Waals surface area contributed by atoms with Gasteiger partial charge >= 0.3 is 5.97 Å². The molecule has 1 aliphatic rings. The molecule has 1 fully saturated rings. The molecule has 1 aromatic rings. The molecule has 1 aromatic carbocycles. The van der Waals surface area contributed by atoms with Crippen molar-refractivity contribution in [3.63, 3.8) is 0 Å². The number of hydrogen-bond acceptors (Lipinski definition) is 3. The molecule has 0 aromatic heterocycles. The first-order valence-electron chi connectivity index (χ1n) is 6.06. The molecule has 1 aliphatic heterocycles. The van der Waals surface area contributed by atoms with E-state index in [1.54, 1.807) is 12.1 Å². The van der Waals surface area contributed by atoms with E-state index in [0.29, 0.717) is 5.56 Å². The summed E-state index contributed by atoms with van der Waals surface area (Å²) in [5.74, 6) is -1.68. The van der Waals surface area contributed by atoms with Crippen LogP contribution in [0.5, 0.6) is 0 Å². The van der Waals surface area contributed by atoms with Crippen LogP contribution in [0.2, 0.25) is 0 Å². The Labute approximate surface area is 110 Å². The van der Waals surface area contributed by atoms with Gasteiger partial charge in [0.05, 0.1) is 11.0 Å². The Kier molecular flexibility index (Phi) is 3.14. The minimum Gasteiger partial charge on any atom is -0.478 e. The van der Waals surface area contributed by atoms with Gasteiger partial charge < -0.3 is 5.11 Å². The second-order valence-corrected chi connectivity index (χ2v) is 5.06. The highest BCUT2D eigenvalue weighted by molar-refractivity contribution is 6.09. The van der Waals surface area contributed by atoms with E-state index in [2.05, 4.69) is 5.32 Å². The molecule has 0 spiro atoms. The Balaban J connectivity index is 2.49. The van der Waals surface area contributed by atoms with E-state index in [9.17, 15) is 14.4 Å². The maximum Gasteiger partial charge on any atom is 0.335 e. The molecular weight excluding hydrogens is 246 g/mol. The van der Waals surface area contributed by atoms with Gasteiger partial charge in [-0.05, 0) is 23.6 Å². The second kappa shape index (κ2) is 4.50. The molecule has 5 nitrogen and oxygen atoms in total. The molecule has 0 saturated carbocycles. The first-order valence-corrected chi connectivity index (χ1v) is 6.06. The van der Waals surface area contributed by atoms with Crippen LogP contribution in [0.15, 0.2) is 24.3 Å². The van der Waals surface area contributed by atoms with Gasteiger partial charge in [-0.1, -0.05) is 26.0 Å². The smallest absolute Gasteiger partial charge is 0.335 e. The summed E-state index contributed by atoms with van der Waals surface area (Å²) in [5, 5.41) is 11.2. The highest BCUT2D eigenvalue weighted by atomic mass is 16.4. The minimum absolute atomic E-state index is 0.0605. The summed E-state index contributed by atoms with van der Waals surface area (Å²) in [6, 6.07) is 6.14. The molecule has 1 saturated heterocycles. The normalized spacial score (nSPS) is 22.7. The van der Waals surface area contributed by atoms with Crippen LogP contribution in [0.25, 0.3) is 0 Å². The lowest BCUT2D eigenvalue weighted by Gasteiger charge is -2.30. The third-order valence-corrected chi connectivity index (χ3v) is 3.73. The third kappa shape index (κ3) is 2.01. The van der Waals surface area contributed by atoms with E-state index in [1.807, 2.05) is 13.8 Å². The Morgan fingerprint density at radius 3 is 2.21 bits per heavy atom. The van der Waals surface area contributed by atoms with Gasteiger partial charge in [-0.15, -0.1) is 0 Å². The van der Waals surface area contributed by atoms with E-state index in [4.69, 9.17) is 5.11 Å². The number of carboxylic acids is 1. The minimum atomic E-state index is -1.02. The highest BCUT2D eigenvalue weighted by Crippen LogP contribution is 2.39. The van der Waals surface area contributed by atoms with Crippen LogP contribution in [0.4, 0.5) is 0 Å². The molecular formula is C14H15NO4. The predicted molar refractivity (Wildman–Crippen MR) is 67.7 cm³/mol. The summed E-state index contributed by atoms with van der Waals surface area (Å²) < 4.78 is 0. The van der Waals surface area contributed by atoms with Gasteiger partial charge in [0.15, 0.2) is 0 Å². The monoisotopic (exact) mass is 261 g/mol. The number of imide groups is 1. The Morgan fingerprint density at radius 2 is 1.84 bits per heavy atom. The van der Waals surface area contributed by atoms with Crippen LogP contribution in [0, 0.1) is 5.92 Å². The summed E-state index contributed by atoms with van der Waals surface area (Å²) in [7, 11) is 0. The van der Waals surface area contributed by atoms with Crippen molar-refractivity contribution in [3.05, 3.63) is 35.4 Å². The van der Waals surface area contributed by atoms with Crippen LogP contribution in [0.3, 0.4) is 0 Å². The molecule has 0 aliphatic carbocycles. The molecule has 0 bridgehead atoms. The van der Waals surface area contributed by atoms with Crippen LogP contribution >= 0.6 is 0 Å². The summed E-state index contributed by atoms with van der Waals surface area (Å²) in [4.78, 5) is 34.4. The number of carbonyl (C=O) groups excluding carboxylic acids is 2. The van der Waals surface area contributed by atoms with Crippen LogP contribution < -0.4 is 5.32 Å². The second-order valence-electron chi connectivity index (χ2n) is 5.06.